The third kappa shape index (κ3) is 2.72. The van der Waals surface area contributed by atoms with Crippen LogP contribution in [0, 0.1) is 11.6 Å². The third-order valence-electron chi connectivity index (χ3n) is 2.32. The molecule has 88 valence electrons. The summed E-state index contributed by atoms with van der Waals surface area (Å²) in [6.07, 6.45) is 0. The van der Waals surface area contributed by atoms with Crippen molar-refractivity contribution < 1.29 is 13.5 Å². The third-order valence-corrected chi connectivity index (χ3v) is 2.32. The highest BCUT2D eigenvalue weighted by molar-refractivity contribution is 5.46. The zero-order valence-electron chi connectivity index (χ0n) is 8.99. The van der Waals surface area contributed by atoms with Crippen molar-refractivity contribution >= 4 is 5.69 Å². The van der Waals surface area contributed by atoms with Crippen molar-refractivity contribution in [3.63, 3.8) is 0 Å². The molecule has 0 aliphatic rings. The normalized spacial score (nSPS) is 10.2. The average Bonchev–Trinajstić information content (AvgIpc) is 2.32. The second kappa shape index (κ2) is 4.82. The first-order valence-electron chi connectivity index (χ1n) is 5.08. The van der Waals surface area contributed by atoms with E-state index in [0.29, 0.717) is 11.3 Å². The van der Waals surface area contributed by atoms with Crippen molar-refractivity contribution in [2.24, 2.45) is 0 Å². The van der Waals surface area contributed by atoms with E-state index in [1.165, 1.54) is 30.3 Å². The molecule has 0 aliphatic carbocycles. The van der Waals surface area contributed by atoms with E-state index >= 15 is 0 Å². The lowest BCUT2D eigenvalue weighted by Crippen LogP contribution is -2.01. The predicted octanol–water partition coefficient (Wildman–Crippen LogP) is 3.13. The van der Waals surface area contributed by atoms with Crippen LogP contribution in [0.2, 0.25) is 0 Å². The van der Waals surface area contributed by atoms with Gasteiger partial charge in [-0.2, -0.15) is 0 Å². The van der Waals surface area contributed by atoms with Crippen LogP contribution in [0.1, 0.15) is 5.56 Å². The van der Waals surface area contributed by atoms with Crippen molar-refractivity contribution in [3.05, 3.63) is 59.7 Å². The average molecular weight is 235 g/mol. The Morgan fingerprint density at radius 1 is 1.06 bits per heavy atom. The lowest BCUT2D eigenvalue weighted by atomic mass is 10.2. The van der Waals surface area contributed by atoms with Gasteiger partial charge in [0.2, 0.25) is 0 Å². The molecule has 0 aliphatic heterocycles. The molecule has 2 nitrogen and oxygen atoms in total. The summed E-state index contributed by atoms with van der Waals surface area (Å²) in [4.78, 5) is 0. The fourth-order valence-corrected chi connectivity index (χ4v) is 1.42. The van der Waals surface area contributed by atoms with E-state index in [9.17, 15) is 8.78 Å². The Balaban J connectivity index is 2.12. The Kier molecular flexibility index (Phi) is 3.23. The van der Waals surface area contributed by atoms with Crippen molar-refractivity contribution in [3.8, 4) is 5.75 Å². The molecule has 0 saturated heterocycles. The summed E-state index contributed by atoms with van der Waals surface area (Å²) in [5.41, 5.74) is 6.56. The molecule has 0 atom stereocenters. The molecular formula is C13H11F2NO. The fraction of sp³-hybridized carbons (Fsp3) is 0.0769. The summed E-state index contributed by atoms with van der Waals surface area (Å²) >= 11 is 0. The molecule has 4 heteroatoms. The van der Waals surface area contributed by atoms with E-state index in [4.69, 9.17) is 10.5 Å². The van der Waals surface area contributed by atoms with Crippen LogP contribution >= 0.6 is 0 Å². The second-order valence-electron chi connectivity index (χ2n) is 3.56. The first kappa shape index (κ1) is 11.4. The molecule has 0 aromatic heterocycles. The van der Waals surface area contributed by atoms with E-state index in [1.807, 2.05) is 0 Å². The first-order valence-corrected chi connectivity index (χ1v) is 5.08. The highest BCUT2D eigenvalue weighted by Crippen LogP contribution is 2.19. The van der Waals surface area contributed by atoms with E-state index in [2.05, 4.69) is 0 Å². The van der Waals surface area contributed by atoms with Crippen LogP contribution in [0.25, 0.3) is 0 Å². The maximum absolute atomic E-state index is 13.2. The molecule has 0 fully saturated rings. The Hall–Kier alpha value is -2.10. The summed E-state index contributed by atoms with van der Waals surface area (Å²) < 4.78 is 31.4. The van der Waals surface area contributed by atoms with Crippen LogP contribution < -0.4 is 10.5 Å². The fourth-order valence-electron chi connectivity index (χ4n) is 1.42. The van der Waals surface area contributed by atoms with Gasteiger partial charge in [0, 0.05) is 11.3 Å². The Morgan fingerprint density at radius 2 is 1.82 bits per heavy atom. The summed E-state index contributed by atoms with van der Waals surface area (Å²) in [7, 11) is 0. The van der Waals surface area contributed by atoms with E-state index < -0.39 is 11.6 Å². The van der Waals surface area contributed by atoms with Gasteiger partial charge >= 0.3 is 0 Å². The van der Waals surface area contributed by atoms with Crippen molar-refractivity contribution in [2.45, 2.75) is 6.61 Å². The molecule has 2 aromatic rings. The molecule has 0 amide bonds. The molecule has 0 radical (unpaired) electrons. The Bertz CT molecular complexity index is 529. The summed E-state index contributed by atoms with van der Waals surface area (Å²) in [6.45, 7) is 0.0323. The monoisotopic (exact) mass is 235 g/mol. The number of hydrogen-bond donors (Lipinski definition) is 1. The minimum atomic E-state index is -0.456. The number of nitrogen functional groups attached to an aromatic ring is 1. The van der Waals surface area contributed by atoms with Crippen LogP contribution in [-0.4, -0.2) is 0 Å². The van der Waals surface area contributed by atoms with Crippen molar-refractivity contribution in [1.29, 1.82) is 0 Å². The predicted molar refractivity (Wildman–Crippen MR) is 61.5 cm³/mol. The summed E-state index contributed by atoms with van der Waals surface area (Å²) in [5, 5.41) is 0. The van der Waals surface area contributed by atoms with Crippen LogP contribution in [-0.2, 0) is 6.61 Å². The van der Waals surface area contributed by atoms with Gasteiger partial charge in [0.25, 0.3) is 0 Å². The van der Waals surface area contributed by atoms with Gasteiger partial charge in [0.15, 0.2) is 11.6 Å². The molecule has 0 saturated carbocycles. The lowest BCUT2D eigenvalue weighted by Gasteiger charge is -2.09. The van der Waals surface area contributed by atoms with Gasteiger partial charge in [0.1, 0.15) is 12.4 Å². The van der Waals surface area contributed by atoms with Gasteiger partial charge in [-0.15, -0.1) is 0 Å². The van der Waals surface area contributed by atoms with Gasteiger partial charge in [-0.3, -0.25) is 0 Å². The molecule has 2 N–H and O–H groups in total. The number of para-hydroxylation sites is 1. The van der Waals surface area contributed by atoms with Crippen LogP contribution in [0.3, 0.4) is 0 Å². The van der Waals surface area contributed by atoms with Gasteiger partial charge in [-0.1, -0.05) is 12.1 Å². The summed E-state index contributed by atoms with van der Waals surface area (Å²) in [5.74, 6) is -0.732. The molecular weight excluding hydrogens is 224 g/mol. The number of anilines is 1. The van der Waals surface area contributed by atoms with Crippen LogP contribution in [0.5, 0.6) is 5.75 Å². The topological polar surface area (TPSA) is 35.2 Å². The standard InChI is InChI=1S/C13H11F2NO/c14-10-5-6-12(16)9(7-10)8-17-13-4-2-1-3-11(13)15/h1-7H,8,16H2. The molecule has 0 unspecified atom stereocenters. The van der Waals surface area contributed by atoms with Gasteiger partial charge < -0.3 is 10.5 Å². The van der Waals surface area contributed by atoms with Gasteiger partial charge in [0.05, 0.1) is 0 Å². The smallest absolute Gasteiger partial charge is 0.165 e. The van der Waals surface area contributed by atoms with Crippen molar-refractivity contribution in [1.82, 2.24) is 0 Å². The molecule has 17 heavy (non-hydrogen) atoms. The first-order chi connectivity index (χ1) is 8.16. The van der Waals surface area contributed by atoms with Gasteiger partial charge in [-0.05, 0) is 30.3 Å². The minimum Gasteiger partial charge on any atom is -0.486 e. The van der Waals surface area contributed by atoms with Crippen LogP contribution in [0.15, 0.2) is 42.5 Å². The van der Waals surface area contributed by atoms with Crippen molar-refractivity contribution in [2.75, 3.05) is 5.73 Å². The van der Waals surface area contributed by atoms with E-state index in [0.717, 1.165) is 0 Å². The number of halogens is 2. The van der Waals surface area contributed by atoms with Crippen LogP contribution in [0.4, 0.5) is 14.5 Å². The van der Waals surface area contributed by atoms with E-state index in [-0.39, 0.29) is 12.4 Å². The number of nitrogens with two attached hydrogens (primary N) is 1. The number of hydrogen-bond acceptors (Lipinski definition) is 2. The SMILES string of the molecule is Nc1ccc(F)cc1COc1ccccc1F. The molecule has 0 heterocycles. The van der Waals surface area contributed by atoms with Gasteiger partial charge in [-0.25, -0.2) is 8.78 Å². The largest absolute Gasteiger partial charge is 0.486 e. The zero-order chi connectivity index (χ0) is 12.3. The molecule has 2 rings (SSSR count). The second-order valence-corrected chi connectivity index (χ2v) is 3.56. The summed E-state index contributed by atoms with van der Waals surface area (Å²) in [6, 6.07) is 10.0. The molecule has 0 bridgehead atoms. The number of rotatable bonds is 3. The maximum atomic E-state index is 13.2. The number of ether oxygens (including phenoxy) is 1. The lowest BCUT2D eigenvalue weighted by molar-refractivity contribution is 0.290. The Labute approximate surface area is 97.6 Å². The Morgan fingerprint density at radius 3 is 2.59 bits per heavy atom. The van der Waals surface area contributed by atoms with E-state index in [1.54, 1.807) is 12.1 Å². The molecule has 0 spiro atoms. The minimum absolute atomic E-state index is 0.0323. The zero-order valence-corrected chi connectivity index (χ0v) is 8.99. The highest BCUT2D eigenvalue weighted by atomic mass is 19.1. The number of benzene rings is 2. The molecule has 2 aromatic carbocycles. The highest BCUT2D eigenvalue weighted by Gasteiger charge is 2.05. The maximum Gasteiger partial charge on any atom is 0.165 e. The quantitative estimate of drug-likeness (QED) is 0.829.